The molecule has 2 aromatic carbocycles. The Morgan fingerprint density at radius 3 is 2.55 bits per heavy atom. The predicted octanol–water partition coefficient (Wildman–Crippen LogP) is 6.82. The smallest absolute Gasteiger partial charge is 0.410 e. The topological polar surface area (TPSA) is 60.6 Å². The molecule has 212 valence electrons. The number of nitrogens with one attached hydrogen (secondary N) is 2. The molecule has 6 nitrogen and oxygen atoms in total. The zero-order chi connectivity index (χ0) is 27.8. The molecule has 40 heavy (non-hydrogen) atoms. The van der Waals surface area contributed by atoms with Crippen molar-refractivity contribution in [2.45, 2.75) is 95.2 Å². The molecule has 7 heteroatoms. The number of alkyl halides is 1. The van der Waals surface area contributed by atoms with Gasteiger partial charge in [0.15, 0.2) is 0 Å². The molecule has 1 aromatic heterocycles. The summed E-state index contributed by atoms with van der Waals surface area (Å²) >= 11 is 0. The first-order chi connectivity index (χ1) is 19.1. The molecule has 1 saturated heterocycles. The second-order valence-electron chi connectivity index (χ2n) is 13.7. The first kappa shape index (κ1) is 25.9. The Labute approximate surface area is 236 Å². The van der Waals surface area contributed by atoms with E-state index in [-0.39, 0.29) is 19.1 Å². The van der Waals surface area contributed by atoms with Crippen LogP contribution in [0.25, 0.3) is 10.9 Å². The number of fused-ring (bicyclic) bond motifs is 4. The first-order valence-electron chi connectivity index (χ1n) is 15.0. The summed E-state index contributed by atoms with van der Waals surface area (Å²) in [5.41, 5.74) is 5.84. The fourth-order valence-electron chi connectivity index (χ4n) is 8.12. The highest BCUT2D eigenvalue weighted by Crippen LogP contribution is 2.60. The number of rotatable bonds is 4. The van der Waals surface area contributed by atoms with Crippen LogP contribution in [0.4, 0.5) is 14.9 Å². The molecule has 0 unspecified atom stereocenters. The van der Waals surface area contributed by atoms with Crippen LogP contribution in [0.1, 0.15) is 76.2 Å². The van der Waals surface area contributed by atoms with Crippen LogP contribution >= 0.6 is 0 Å². The molecule has 0 spiro atoms. The van der Waals surface area contributed by atoms with Gasteiger partial charge < -0.3 is 19.9 Å². The Bertz CT molecular complexity index is 1410. The van der Waals surface area contributed by atoms with Crippen LogP contribution < -0.4 is 5.32 Å². The third-order valence-corrected chi connectivity index (χ3v) is 9.75. The molecule has 2 aliphatic heterocycles. The largest absolute Gasteiger partial charge is 0.444 e. The van der Waals surface area contributed by atoms with E-state index in [0.717, 1.165) is 18.0 Å². The Hall–Kier alpha value is -3.06. The van der Waals surface area contributed by atoms with Crippen molar-refractivity contribution in [2.24, 2.45) is 5.92 Å². The van der Waals surface area contributed by atoms with Gasteiger partial charge >= 0.3 is 6.09 Å². The van der Waals surface area contributed by atoms with Crippen LogP contribution in [0.5, 0.6) is 0 Å². The summed E-state index contributed by atoms with van der Waals surface area (Å²) in [6, 6.07) is 17.4. The van der Waals surface area contributed by atoms with Gasteiger partial charge in [-0.25, -0.2) is 9.18 Å². The number of carbonyl (C=O) groups excluding carboxylic acids is 1. The lowest BCUT2D eigenvalue weighted by Crippen LogP contribution is -2.59. The van der Waals surface area contributed by atoms with Gasteiger partial charge in [0.1, 0.15) is 11.8 Å². The highest BCUT2D eigenvalue weighted by atomic mass is 19.1. The third kappa shape index (κ3) is 4.28. The van der Waals surface area contributed by atoms with Gasteiger partial charge in [0.05, 0.1) is 18.6 Å². The van der Waals surface area contributed by atoms with Crippen LogP contribution in [0.3, 0.4) is 0 Å². The molecular weight excluding hydrogens is 503 g/mol. The van der Waals surface area contributed by atoms with Crippen LogP contribution in [0.2, 0.25) is 0 Å². The van der Waals surface area contributed by atoms with Crippen molar-refractivity contribution < 1.29 is 13.9 Å². The van der Waals surface area contributed by atoms with E-state index in [1.807, 2.05) is 20.8 Å². The molecule has 2 bridgehead atoms. The van der Waals surface area contributed by atoms with E-state index < -0.39 is 23.9 Å². The summed E-state index contributed by atoms with van der Waals surface area (Å²) in [5.74, 6) is 0.892. The SMILES string of the molecule is C[C@@H]1Cc2c([nH]c3ccccc23)[C@@H](c2ccc(N[C@@H]3CN(C(=O)OC(C)(C)C)C[C@H]3F)cc2)N1C12CCC(C1)C2. The monoisotopic (exact) mass is 544 g/mol. The number of anilines is 1. The molecule has 1 amide bonds. The van der Waals surface area contributed by atoms with Gasteiger partial charge in [-0.15, -0.1) is 0 Å². The second kappa shape index (κ2) is 9.23. The van der Waals surface area contributed by atoms with E-state index in [1.54, 1.807) is 0 Å². The summed E-state index contributed by atoms with van der Waals surface area (Å²) in [6.45, 7) is 8.22. The molecule has 0 radical (unpaired) electrons. The molecule has 4 atom stereocenters. The number of hydrogen-bond donors (Lipinski definition) is 2. The molecule has 8 rings (SSSR count). The number of hydrogen-bond acceptors (Lipinski definition) is 4. The Kier molecular flexibility index (Phi) is 5.97. The summed E-state index contributed by atoms with van der Waals surface area (Å²) < 4.78 is 20.4. The normalized spacial score (nSPS) is 31.7. The number of benzene rings is 2. The number of likely N-dealkylation sites (tertiary alicyclic amines) is 1. The van der Waals surface area contributed by atoms with E-state index in [2.05, 4.69) is 70.7 Å². The number of amides is 1. The van der Waals surface area contributed by atoms with E-state index >= 15 is 0 Å². The minimum absolute atomic E-state index is 0.0474. The van der Waals surface area contributed by atoms with Crippen LogP contribution in [0.15, 0.2) is 48.5 Å². The number of H-pyrrole nitrogens is 1. The van der Waals surface area contributed by atoms with Gasteiger partial charge in [-0.05, 0) is 95.0 Å². The van der Waals surface area contributed by atoms with Crippen molar-refractivity contribution in [1.29, 1.82) is 0 Å². The predicted molar refractivity (Wildman–Crippen MR) is 156 cm³/mol. The lowest BCUT2D eigenvalue weighted by atomic mass is 9.72. The van der Waals surface area contributed by atoms with Crippen molar-refractivity contribution in [3.8, 4) is 0 Å². The molecule has 4 fully saturated rings. The molecule has 2 N–H and O–H groups in total. The van der Waals surface area contributed by atoms with Gasteiger partial charge in [-0.2, -0.15) is 0 Å². The van der Waals surface area contributed by atoms with Gasteiger partial charge in [0.25, 0.3) is 0 Å². The highest BCUT2D eigenvalue weighted by molar-refractivity contribution is 5.85. The van der Waals surface area contributed by atoms with Crippen LogP contribution in [0, 0.1) is 5.92 Å². The number of ether oxygens (including phenoxy) is 1. The maximum atomic E-state index is 14.9. The Morgan fingerprint density at radius 2 is 1.85 bits per heavy atom. The zero-order valence-corrected chi connectivity index (χ0v) is 24.0. The number of aromatic nitrogens is 1. The average Bonchev–Trinajstić information content (AvgIpc) is 3.66. The highest BCUT2D eigenvalue weighted by Gasteiger charge is 2.58. The van der Waals surface area contributed by atoms with Crippen molar-refractivity contribution in [3.63, 3.8) is 0 Å². The van der Waals surface area contributed by atoms with Gasteiger partial charge in [-0.3, -0.25) is 4.90 Å². The second-order valence-corrected chi connectivity index (χ2v) is 13.7. The fraction of sp³-hybridized carbons (Fsp3) is 0.545. The molecule has 3 aromatic rings. The van der Waals surface area contributed by atoms with Crippen molar-refractivity contribution in [1.82, 2.24) is 14.8 Å². The lowest BCUT2D eigenvalue weighted by Gasteiger charge is -2.55. The van der Waals surface area contributed by atoms with E-state index in [9.17, 15) is 9.18 Å². The van der Waals surface area contributed by atoms with Crippen molar-refractivity contribution in [3.05, 3.63) is 65.4 Å². The molecule has 3 saturated carbocycles. The standard InChI is InChI=1S/C33H41FN4O2/c1-20-15-25-24-7-5-6-8-27(24)36-29(25)30(38(20)33-14-13-21(16-33)17-33)22-9-11-23(12-10-22)35-28-19-37(18-26(28)34)31(39)40-32(2,3)4/h5-12,20-21,26,28,30,35-36H,13-19H2,1-4H3/t20-,21?,26-,28-,30-,33?/m1/s1. The van der Waals surface area contributed by atoms with E-state index in [4.69, 9.17) is 4.74 Å². The van der Waals surface area contributed by atoms with Gasteiger partial charge in [-0.1, -0.05) is 30.3 Å². The minimum atomic E-state index is -1.15. The molecular formula is C33H41FN4O2. The summed E-state index contributed by atoms with van der Waals surface area (Å²) in [6.07, 6.45) is 4.73. The van der Waals surface area contributed by atoms with Gasteiger partial charge in [0, 0.05) is 40.4 Å². The summed E-state index contributed by atoms with van der Waals surface area (Å²) in [5, 5.41) is 4.69. The Morgan fingerprint density at radius 1 is 1.10 bits per heavy atom. The summed E-state index contributed by atoms with van der Waals surface area (Å²) in [7, 11) is 0. The zero-order valence-electron chi connectivity index (χ0n) is 24.0. The molecule has 3 heterocycles. The van der Waals surface area contributed by atoms with Gasteiger partial charge in [0.2, 0.25) is 0 Å². The quantitative estimate of drug-likeness (QED) is 0.379. The number of nitrogens with zero attached hydrogens (tertiary/aromatic N) is 2. The summed E-state index contributed by atoms with van der Waals surface area (Å²) in [4.78, 5) is 20.6. The van der Waals surface area contributed by atoms with Crippen LogP contribution in [-0.2, 0) is 11.2 Å². The molecule has 5 aliphatic rings. The number of para-hydroxylation sites is 1. The number of carbonyl (C=O) groups is 1. The fourth-order valence-corrected chi connectivity index (χ4v) is 8.12. The maximum absolute atomic E-state index is 14.9. The van der Waals surface area contributed by atoms with Crippen LogP contribution in [-0.4, -0.2) is 63.4 Å². The van der Waals surface area contributed by atoms with E-state index in [0.29, 0.717) is 11.6 Å². The maximum Gasteiger partial charge on any atom is 0.410 e. The lowest BCUT2D eigenvalue weighted by molar-refractivity contribution is -0.0339. The van der Waals surface area contributed by atoms with Crippen molar-refractivity contribution >= 4 is 22.7 Å². The third-order valence-electron chi connectivity index (χ3n) is 9.75. The average molecular weight is 545 g/mol. The Balaban J connectivity index is 1.16. The minimum Gasteiger partial charge on any atom is -0.444 e. The molecule has 3 aliphatic carbocycles. The number of aromatic amines is 1. The van der Waals surface area contributed by atoms with Crippen molar-refractivity contribution in [2.75, 3.05) is 18.4 Å². The number of halogens is 1. The first-order valence-corrected chi connectivity index (χ1v) is 15.0. The van der Waals surface area contributed by atoms with E-state index in [1.165, 1.54) is 58.3 Å².